The highest BCUT2D eigenvalue weighted by molar-refractivity contribution is 6.07. The van der Waals surface area contributed by atoms with Crippen molar-refractivity contribution in [1.29, 1.82) is 0 Å². The third-order valence-electron chi connectivity index (χ3n) is 3.24. The Morgan fingerprint density at radius 2 is 1.38 bits per heavy atom. The first-order valence-corrected chi connectivity index (χ1v) is 6.06. The second-order valence-corrected chi connectivity index (χ2v) is 4.27. The summed E-state index contributed by atoms with van der Waals surface area (Å²) in [7, 11) is 3.63. The zero-order valence-corrected chi connectivity index (χ0v) is 11.8. The van der Waals surface area contributed by atoms with Gasteiger partial charge in [-0.05, 0) is 17.2 Å². The number of benzene rings is 1. The van der Waals surface area contributed by atoms with Gasteiger partial charge in [-0.2, -0.15) is 0 Å². The SMILES string of the molecule is COC(=O)c1cc(C(=O)OC)c(C(=O)OC)c2c1COC2. The van der Waals surface area contributed by atoms with E-state index in [0.29, 0.717) is 11.1 Å². The van der Waals surface area contributed by atoms with Crippen LogP contribution in [0.5, 0.6) is 0 Å². The fourth-order valence-electron chi connectivity index (χ4n) is 2.26. The standard InChI is InChI=1S/C14H14O7/c1-18-12(15)7-4-8(13(16)19-2)11(14(17)20-3)10-6-21-5-9(7)10/h4H,5-6H2,1-3H3. The average molecular weight is 294 g/mol. The van der Waals surface area contributed by atoms with Gasteiger partial charge >= 0.3 is 17.9 Å². The maximum Gasteiger partial charge on any atom is 0.339 e. The van der Waals surface area contributed by atoms with Crippen LogP contribution < -0.4 is 0 Å². The van der Waals surface area contributed by atoms with Crippen molar-refractivity contribution in [2.45, 2.75) is 13.2 Å². The molecule has 1 aliphatic heterocycles. The number of carbonyl (C=O) groups is 3. The van der Waals surface area contributed by atoms with Crippen LogP contribution in [0.15, 0.2) is 6.07 Å². The topological polar surface area (TPSA) is 88.1 Å². The van der Waals surface area contributed by atoms with Gasteiger partial charge in [0.2, 0.25) is 0 Å². The first-order valence-electron chi connectivity index (χ1n) is 6.06. The average Bonchev–Trinajstić information content (AvgIpc) is 3.00. The van der Waals surface area contributed by atoms with E-state index in [1.54, 1.807) is 0 Å². The quantitative estimate of drug-likeness (QED) is 0.608. The van der Waals surface area contributed by atoms with Gasteiger partial charge in [0.25, 0.3) is 0 Å². The predicted molar refractivity (Wildman–Crippen MR) is 69.0 cm³/mol. The van der Waals surface area contributed by atoms with E-state index in [-0.39, 0.29) is 29.9 Å². The van der Waals surface area contributed by atoms with Gasteiger partial charge < -0.3 is 18.9 Å². The van der Waals surface area contributed by atoms with Crippen LogP contribution >= 0.6 is 0 Å². The normalized spacial score (nSPS) is 12.5. The Morgan fingerprint density at radius 3 is 1.95 bits per heavy atom. The van der Waals surface area contributed by atoms with Crippen LogP contribution in [-0.4, -0.2) is 39.2 Å². The zero-order valence-electron chi connectivity index (χ0n) is 11.8. The Morgan fingerprint density at radius 1 is 0.857 bits per heavy atom. The van der Waals surface area contributed by atoms with Crippen molar-refractivity contribution in [2.24, 2.45) is 0 Å². The molecular formula is C14H14O7. The van der Waals surface area contributed by atoms with Crippen LogP contribution in [0.1, 0.15) is 42.2 Å². The summed E-state index contributed by atoms with van der Waals surface area (Å²) in [5.41, 5.74) is 1.16. The lowest BCUT2D eigenvalue weighted by Crippen LogP contribution is -2.18. The Labute approximate surface area is 120 Å². The van der Waals surface area contributed by atoms with E-state index in [0.717, 1.165) is 0 Å². The Hall–Kier alpha value is -2.41. The smallest absolute Gasteiger partial charge is 0.339 e. The van der Waals surface area contributed by atoms with Gasteiger partial charge in [0.15, 0.2) is 0 Å². The molecule has 0 atom stereocenters. The molecule has 1 aromatic carbocycles. The second-order valence-electron chi connectivity index (χ2n) is 4.27. The van der Waals surface area contributed by atoms with Crippen molar-refractivity contribution < 1.29 is 33.3 Å². The molecule has 0 radical (unpaired) electrons. The third kappa shape index (κ3) is 2.47. The molecule has 0 aliphatic carbocycles. The van der Waals surface area contributed by atoms with Gasteiger partial charge in [-0.25, -0.2) is 14.4 Å². The Balaban J connectivity index is 2.76. The summed E-state index contributed by atoms with van der Waals surface area (Å²) in [5, 5.41) is 0. The molecule has 21 heavy (non-hydrogen) atoms. The maximum atomic E-state index is 12.0. The van der Waals surface area contributed by atoms with E-state index in [1.807, 2.05) is 0 Å². The Bertz CT molecular complexity index is 618. The molecule has 7 nitrogen and oxygen atoms in total. The number of hydrogen-bond acceptors (Lipinski definition) is 7. The minimum absolute atomic E-state index is 0.0472. The number of carbonyl (C=O) groups excluding carboxylic acids is 3. The van der Waals surface area contributed by atoms with Crippen LogP contribution in [0.25, 0.3) is 0 Å². The van der Waals surface area contributed by atoms with Gasteiger partial charge in [0.1, 0.15) is 0 Å². The molecule has 2 rings (SSSR count). The van der Waals surface area contributed by atoms with Gasteiger partial charge in [-0.1, -0.05) is 0 Å². The first kappa shape index (κ1) is 15.0. The van der Waals surface area contributed by atoms with E-state index in [9.17, 15) is 14.4 Å². The van der Waals surface area contributed by atoms with Crippen molar-refractivity contribution in [3.8, 4) is 0 Å². The van der Waals surface area contributed by atoms with E-state index in [2.05, 4.69) is 4.74 Å². The van der Waals surface area contributed by atoms with E-state index >= 15 is 0 Å². The number of rotatable bonds is 3. The minimum Gasteiger partial charge on any atom is -0.465 e. The number of fused-ring (bicyclic) bond motifs is 1. The summed E-state index contributed by atoms with van der Waals surface area (Å²) in [6, 6.07) is 1.28. The van der Waals surface area contributed by atoms with E-state index in [1.165, 1.54) is 27.4 Å². The van der Waals surface area contributed by atoms with Crippen molar-refractivity contribution in [1.82, 2.24) is 0 Å². The monoisotopic (exact) mass is 294 g/mol. The molecule has 0 fully saturated rings. The highest BCUT2D eigenvalue weighted by Crippen LogP contribution is 2.31. The highest BCUT2D eigenvalue weighted by atomic mass is 16.5. The number of hydrogen-bond donors (Lipinski definition) is 0. The molecule has 1 aromatic rings. The summed E-state index contributed by atoms with van der Waals surface area (Å²) < 4.78 is 19.3. The van der Waals surface area contributed by atoms with Crippen molar-refractivity contribution in [2.75, 3.05) is 21.3 Å². The molecule has 0 aromatic heterocycles. The van der Waals surface area contributed by atoms with Crippen molar-refractivity contribution >= 4 is 17.9 Å². The molecule has 0 amide bonds. The largest absolute Gasteiger partial charge is 0.465 e. The first-order chi connectivity index (χ1) is 10.0. The van der Waals surface area contributed by atoms with Crippen LogP contribution in [0.2, 0.25) is 0 Å². The fourth-order valence-corrected chi connectivity index (χ4v) is 2.26. The van der Waals surface area contributed by atoms with Crippen molar-refractivity contribution in [3.63, 3.8) is 0 Å². The van der Waals surface area contributed by atoms with Crippen molar-refractivity contribution in [3.05, 3.63) is 33.9 Å². The third-order valence-corrected chi connectivity index (χ3v) is 3.24. The van der Waals surface area contributed by atoms with E-state index in [4.69, 9.17) is 14.2 Å². The predicted octanol–water partition coefficient (Wildman–Crippen LogP) is 1.08. The summed E-state index contributed by atoms with van der Waals surface area (Å²) in [5.74, 6) is -2.04. The van der Waals surface area contributed by atoms with Gasteiger partial charge in [-0.15, -0.1) is 0 Å². The molecular weight excluding hydrogens is 280 g/mol. The molecule has 0 N–H and O–H groups in total. The van der Waals surface area contributed by atoms with Gasteiger partial charge in [-0.3, -0.25) is 0 Å². The molecule has 0 saturated carbocycles. The lowest BCUT2D eigenvalue weighted by molar-refractivity contribution is 0.0550. The molecule has 1 heterocycles. The van der Waals surface area contributed by atoms with Gasteiger partial charge in [0.05, 0.1) is 51.2 Å². The lowest BCUT2D eigenvalue weighted by Gasteiger charge is -2.13. The molecule has 0 bridgehead atoms. The van der Waals surface area contributed by atoms with Crippen LogP contribution in [0.3, 0.4) is 0 Å². The summed E-state index contributed by atoms with van der Waals surface area (Å²) in [4.78, 5) is 35.7. The number of esters is 3. The molecule has 1 aliphatic rings. The molecule has 0 saturated heterocycles. The zero-order chi connectivity index (χ0) is 15.6. The molecule has 0 unspecified atom stereocenters. The second kappa shape index (κ2) is 5.92. The maximum absolute atomic E-state index is 12.0. The lowest BCUT2D eigenvalue weighted by atomic mass is 9.93. The minimum atomic E-state index is -0.741. The van der Waals surface area contributed by atoms with E-state index < -0.39 is 17.9 Å². The molecule has 7 heteroatoms. The van der Waals surface area contributed by atoms with Crippen LogP contribution in [0.4, 0.5) is 0 Å². The molecule has 0 spiro atoms. The van der Waals surface area contributed by atoms with Crippen LogP contribution in [0, 0.1) is 0 Å². The Kier molecular flexibility index (Phi) is 4.23. The summed E-state index contributed by atoms with van der Waals surface area (Å²) >= 11 is 0. The molecule has 112 valence electrons. The number of methoxy groups -OCH3 is 3. The van der Waals surface area contributed by atoms with Crippen LogP contribution in [-0.2, 0) is 32.2 Å². The summed E-state index contributed by atoms with van der Waals surface area (Å²) in [6.07, 6.45) is 0. The number of ether oxygens (including phenoxy) is 4. The van der Waals surface area contributed by atoms with Gasteiger partial charge in [0, 0.05) is 0 Å². The fraction of sp³-hybridized carbons (Fsp3) is 0.357. The highest BCUT2D eigenvalue weighted by Gasteiger charge is 2.32. The summed E-state index contributed by atoms with van der Waals surface area (Å²) in [6.45, 7) is 0.264.